The standard InChI is InChI=1S/C12H19NO3.C12H16O4.CO2.I2.V/c2*13-9(10(14)15)11-2-7-1-8(3-11)5-12(16,4-7)6-11;2-1-3;1-2;/h7-9,16H,1-6,13H2,(H,14,15);7-8,16H,1-6H2,(H,14,15);;;/t7?,8?,9-,11?,12?;;;;/m1..../s1. The predicted molar refractivity (Wildman–Crippen MR) is 145 cm³/mol. The molecule has 0 spiro atoms. The van der Waals surface area contributed by atoms with Gasteiger partial charge in [-0.2, -0.15) is 9.59 Å². The van der Waals surface area contributed by atoms with Crippen LogP contribution in [0.2, 0.25) is 0 Å². The van der Waals surface area contributed by atoms with Crippen molar-refractivity contribution >= 4 is 61.1 Å². The van der Waals surface area contributed by atoms with Gasteiger partial charge in [-0.3, -0.25) is 9.59 Å². The summed E-state index contributed by atoms with van der Waals surface area (Å²) in [7, 11) is 0. The zero-order chi connectivity index (χ0) is 27.8. The Bertz CT molecular complexity index is 929. The first-order chi connectivity index (χ1) is 17.3. The van der Waals surface area contributed by atoms with Gasteiger partial charge in [-0.1, -0.05) is 0 Å². The van der Waals surface area contributed by atoms with E-state index >= 15 is 0 Å². The number of hydrogen-bond donors (Lipinski definition) is 5. The van der Waals surface area contributed by atoms with Gasteiger partial charge < -0.3 is 26.2 Å². The Hall–Kier alpha value is -0.0856. The molecule has 8 saturated carbocycles. The SMILES string of the molecule is II.N[C@H](C(=O)O)C12CC3CC(CC(O)(C3)C1)C2.O=C(O)C(=O)C12CC3CC(CC(O)(C3)C1)C2.O=C=O.[V]. The van der Waals surface area contributed by atoms with Gasteiger partial charge in [-0.25, -0.2) is 4.79 Å². The van der Waals surface area contributed by atoms with Crippen molar-refractivity contribution in [1.29, 1.82) is 0 Å². The third kappa shape index (κ3) is 6.86. The smallest absolute Gasteiger partial charge is 0.373 e. The summed E-state index contributed by atoms with van der Waals surface area (Å²) in [6.45, 7) is 0. The van der Waals surface area contributed by atoms with Gasteiger partial charge in [-0.15, -0.1) is 0 Å². The Kier molecular flexibility index (Phi) is 11.5. The molecule has 4 unspecified atom stereocenters. The molecule has 0 aliphatic heterocycles. The molecule has 8 rings (SSSR count). The van der Waals surface area contributed by atoms with Crippen LogP contribution in [-0.2, 0) is 42.5 Å². The number of carboxylic acids is 2. The molecule has 0 amide bonds. The van der Waals surface area contributed by atoms with Crippen LogP contribution in [0.5, 0.6) is 0 Å². The van der Waals surface area contributed by atoms with Crippen molar-refractivity contribution in [2.45, 2.75) is 94.3 Å². The fourth-order valence-electron chi connectivity index (χ4n) is 9.62. The summed E-state index contributed by atoms with van der Waals surface area (Å²) in [5.74, 6) is -1.20. The third-order valence-corrected chi connectivity index (χ3v) is 9.71. The second kappa shape index (κ2) is 12.8. The minimum Gasteiger partial charge on any atom is -0.480 e. The summed E-state index contributed by atoms with van der Waals surface area (Å²) in [4.78, 5) is 50.1. The molecule has 213 valence electrons. The molecule has 8 fully saturated rings. The number of aliphatic carboxylic acids is 2. The summed E-state index contributed by atoms with van der Waals surface area (Å²) >= 11 is 4.24. The number of hydrogen-bond acceptors (Lipinski definition) is 8. The maximum Gasteiger partial charge on any atom is 0.373 e. The van der Waals surface area contributed by atoms with Gasteiger partial charge in [-0.05, 0) is 106 Å². The summed E-state index contributed by atoms with van der Waals surface area (Å²) < 4.78 is 0. The van der Waals surface area contributed by atoms with Crippen molar-refractivity contribution in [3.63, 3.8) is 0 Å². The molecule has 38 heavy (non-hydrogen) atoms. The Balaban J connectivity index is 0.000000224. The third-order valence-electron chi connectivity index (χ3n) is 9.71. The average molecular weight is 798 g/mol. The summed E-state index contributed by atoms with van der Waals surface area (Å²) in [5.41, 5.74) is 3.42. The zero-order valence-electron chi connectivity index (χ0n) is 21.0. The van der Waals surface area contributed by atoms with Crippen LogP contribution in [0, 0.1) is 34.5 Å². The van der Waals surface area contributed by atoms with E-state index in [0.29, 0.717) is 49.4 Å². The Labute approximate surface area is 256 Å². The first-order valence-electron chi connectivity index (χ1n) is 12.6. The fourth-order valence-corrected chi connectivity index (χ4v) is 9.62. The fraction of sp³-hybridized carbons (Fsp3) is 0.840. The quantitative estimate of drug-likeness (QED) is 0.209. The minimum atomic E-state index is -1.33. The second-order valence-corrected chi connectivity index (χ2v) is 12.5. The van der Waals surface area contributed by atoms with E-state index in [1.54, 1.807) is 0 Å². The summed E-state index contributed by atoms with van der Waals surface area (Å²) in [6.07, 6.45) is 9.85. The van der Waals surface area contributed by atoms with Crippen LogP contribution < -0.4 is 5.73 Å². The second-order valence-electron chi connectivity index (χ2n) is 12.5. The molecule has 0 saturated heterocycles. The van der Waals surface area contributed by atoms with Gasteiger partial charge >= 0.3 is 18.1 Å². The molecule has 8 bridgehead atoms. The van der Waals surface area contributed by atoms with Gasteiger partial charge in [0.15, 0.2) is 0 Å². The molecule has 5 atom stereocenters. The van der Waals surface area contributed by atoms with E-state index in [1.165, 1.54) is 0 Å². The number of halogens is 2. The van der Waals surface area contributed by atoms with Crippen molar-refractivity contribution in [1.82, 2.24) is 0 Å². The van der Waals surface area contributed by atoms with Crippen molar-refractivity contribution in [2.24, 2.45) is 40.2 Å². The number of carboxylic acid groups (broad SMARTS) is 2. The van der Waals surface area contributed by atoms with Crippen molar-refractivity contribution in [3.05, 3.63) is 0 Å². The molecule has 0 heterocycles. The van der Waals surface area contributed by atoms with Crippen molar-refractivity contribution in [3.8, 4) is 0 Å². The van der Waals surface area contributed by atoms with Gasteiger partial charge in [0.05, 0.1) is 11.2 Å². The number of carbonyl (C=O) groups excluding carboxylic acids is 3. The number of rotatable bonds is 4. The molecule has 6 N–H and O–H groups in total. The van der Waals surface area contributed by atoms with Crippen LogP contribution in [0.15, 0.2) is 0 Å². The van der Waals surface area contributed by atoms with E-state index in [2.05, 4.69) is 37.2 Å². The van der Waals surface area contributed by atoms with E-state index in [-0.39, 0.29) is 30.1 Å². The number of ketones is 1. The van der Waals surface area contributed by atoms with Crippen LogP contribution in [0.25, 0.3) is 0 Å². The molecule has 1 radical (unpaired) electrons. The first kappa shape index (κ1) is 34.1. The molecule has 13 heteroatoms. The van der Waals surface area contributed by atoms with Crippen molar-refractivity contribution in [2.75, 3.05) is 0 Å². The Morgan fingerprint density at radius 3 is 1.45 bits per heavy atom. The van der Waals surface area contributed by atoms with Crippen LogP contribution in [0.3, 0.4) is 0 Å². The van der Waals surface area contributed by atoms with Gasteiger partial charge in [0.1, 0.15) is 6.04 Å². The minimum absolute atomic E-state index is 0. The van der Waals surface area contributed by atoms with E-state index in [4.69, 9.17) is 25.5 Å². The maximum atomic E-state index is 11.8. The molecular formula is C25H35I2NO9V. The maximum absolute atomic E-state index is 11.8. The van der Waals surface area contributed by atoms with E-state index in [9.17, 15) is 24.6 Å². The Morgan fingerprint density at radius 1 is 0.763 bits per heavy atom. The van der Waals surface area contributed by atoms with E-state index in [0.717, 1.165) is 51.4 Å². The molecule has 8 aliphatic carbocycles. The predicted octanol–water partition coefficient (Wildman–Crippen LogP) is 2.89. The van der Waals surface area contributed by atoms with Crippen LogP contribution in [0.4, 0.5) is 0 Å². The number of carbonyl (C=O) groups is 3. The molecule has 8 aliphatic rings. The van der Waals surface area contributed by atoms with Gasteiger partial charge in [0.25, 0.3) is 0 Å². The summed E-state index contributed by atoms with van der Waals surface area (Å²) in [6, 6.07) is -0.801. The van der Waals surface area contributed by atoms with Crippen LogP contribution >= 0.6 is 37.2 Å². The molecular weight excluding hydrogens is 763 g/mol. The van der Waals surface area contributed by atoms with Crippen LogP contribution in [0.1, 0.15) is 77.0 Å². The van der Waals surface area contributed by atoms with E-state index < -0.39 is 40.4 Å². The normalized spacial score (nSPS) is 42.9. The molecule has 0 aromatic carbocycles. The van der Waals surface area contributed by atoms with E-state index in [1.807, 2.05) is 0 Å². The first-order valence-corrected chi connectivity index (χ1v) is 18.9. The molecule has 10 nitrogen and oxygen atoms in total. The molecule has 0 aromatic rings. The zero-order valence-corrected chi connectivity index (χ0v) is 26.7. The van der Waals surface area contributed by atoms with Gasteiger partial charge in [0, 0.05) is 61.2 Å². The largest absolute Gasteiger partial charge is 0.480 e. The monoisotopic (exact) mass is 798 g/mol. The summed E-state index contributed by atoms with van der Waals surface area (Å²) in [5, 5.41) is 38.8. The average Bonchev–Trinajstić information content (AvgIpc) is 2.77. The number of Topliss-reactive ketones (excluding diaryl/α,β-unsaturated/α-hetero) is 1. The molecule has 0 aromatic heterocycles. The van der Waals surface area contributed by atoms with Crippen LogP contribution in [-0.4, -0.2) is 61.5 Å². The van der Waals surface area contributed by atoms with Gasteiger partial charge in [0.2, 0.25) is 5.78 Å². The van der Waals surface area contributed by atoms with Crippen molar-refractivity contribution < 1.29 is 63.0 Å². The number of nitrogens with two attached hydrogens (primary N) is 1. The number of aliphatic hydroxyl groups is 2. The Morgan fingerprint density at radius 2 is 1.13 bits per heavy atom. The topological polar surface area (TPSA) is 192 Å².